The highest BCUT2D eigenvalue weighted by Crippen LogP contribution is 2.18. The van der Waals surface area contributed by atoms with Gasteiger partial charge in [0.15, 0.2) is 5.13 Å². The summed E-state index contributed by atoms with van der Waals surface area (Å²) >= 11 is 1.66. The minimum absolute atomic E-state index is 0.620. The van der Waals surface area contributed by atoms with E-state index >= 15 is 0 Å². The van der Waals surface area contributed by atoms with Gasteiger partial charge >= 0.3 is 0 Å². The molecule has 0 aromatic carbocycles. The Balaban J connectivity index is 1.77. The molecule has 0 bridgehead atoms. The van der Waals surface area contributed by atoms with Gasteiger partial charge < -0.3 is 0 Å². The molecule has 23 heavy (non-hydrogen) atoms. The van der Waals surface area contributed by atoms with E-state index in [1.807, 2.05) is 29.5 Å². The maximum Gasteiger partial charge on any atom is 0.193 e. The van der Waals surface area contributed by atoms with E-state index in [1.54, 1.807) is 11.3 Å². The van der Waals surface area contributed by atoms with E-state index in [1.165, 1.54) is 11.3 Å². The van der Waals surface area contributed by atoms with Gasteiger partial charge in [-0.15, -0.1) is 11.3 Å². The first-order valence-corrected chi connectivity index (χ1v) is 8.76. The second kappa shape index (κ2) is 7.10. The van der Waals surface area contributed by atoms with Gasteiger partial charge in [0.05, 0.1) is 6.20 Å². The van der Waals surface area contributed by atoms with Crippen LogP contribution in [-0.2, 0) is 20.1 Å². The second-order valence-electron chi connectivity index (χ2n) is 6.27. The molecule has 0 saturated heterocycles. The van der Waals surface area contributed by atoms with Crippen molar-refractivity contribution in [1.29, 1.82) is 0 Å². The molecular formula is C17H23N5S. The molecule has 3 heterocycles. The van der Waals surface area contributed by atoms with Gasteiger partial charge in [-0.25, -0.2) is 4.98 Å². The van der Waals surface area contributed by atoms with Gasteiger partial charge in [-0.2, -0.15) is 5.10 Å². The normalized spacial score (nSPS) is 11.7. The third-order valence-electron chi connectivity index (χ3n) is 3.63. The van der Waals surface area contributed by atoms with Crippen LogP contribution in [0.15, 0.2) is 42.3 Å². The van der Waals surface area contributed by atoms with Crippen molar-refractivity contribution < 1.29 is 0 Å². The molecule has 0 spiro atoms. The van der Waals surface area contributed by atoms with Crippen LogP contribution in [-0.4, -0.2) is 30.8 Å². The van der Waals surface area contributed by atoms with Crippen molar-refractivity contribution in [2.45, 2.75) is 26.9 Å². The zero-order valence-corrected chi connectivity index (χ0v) is 14.7. The molecule has 0 aliphatic heterocycles. The lowest BCUT2D eigenvalue weighted by Crippen LogP contribution is -2.27. The summed E-state index contributed by atoms with van der Waals surface area (Å²) in [6.07, 6.45) is 7.98. The Bertz CT molecular complexity index is 726. The molecule has 6 heteroatoms. The van der Waals surface area contributed by atoms with Crippen molar-refractivity contribution in [1.82, 2.24) is 24.2 Å². The highest BCUT2D eigenvalue weighted by molar-refractivity contribution is 7.12. The van der Waals surface area contributed by atoms with E-state index in [2.05, 4.69) is 57.9 Å². The van der Waals surface area contributed by atoms with Crippen LogP contribution in [0.4, 0.5) is 0 Å². The summed E-state index contributed by atoms with van der Waals surface area (Å²) in [4.78, 5) is 6.90. The van der Waals surface area contributed by atoms with Gasteiger partial charge in [-0.1, -0.05) is 13.8 Å². The molecule has 0 unspecified atom stereocenters. The van der Waals surface area contributed by atoms with Gasteiger partial charge in [-0.3, -0.25) is 14.1 Å². The van der Waals surface area contributed by atoms with E-state index in [-0.39, 0.29) is 0 Å². The van der Waals surface area contributed by atoms with Gasteiger partial charge in [0.1, 0.15) is 0 Å². The molecule has 3 aromatic rings. The predicted molar refractivity (Wildman–Crippen MR) is 93.6 cm³/mol. The standard InChI is InChI=1S/C17H23N5S/c1-14(2)10-21(12-15-9-19-20(3)11-15)13-16-5-4-7-22(16)17-18-6-8-23-17/h4-9,11,14H,10,12-13H2,1-3H3. The maximum absolute atomic E-state index is 4.42. The lowest BCUT2D eigenvalue weighted by atomic mass is 10.2. The van der Waals surface area contributed by atoms with Gasteiger partial charge in [0, 0.05) is 61.9 Å². The Kier molecular flexibility index (Phi) is 4.93. The molecule has 0 amide bonds. The third kappa shape index (κ3) is 4.09. The average Bonchev–Trinajstić information content (AvgIpc) is 3.19. The van der Waals surface area contributed by atoms with Crippen LogP contribution in [0, 0.1) is 5.92 Å². The van der Waals surface area contributed by atoms with Crippen molar-refractivity contribution in [3.8, 4) is 5.13 Å². The van der Waals surface area contributed by atoms with Gasteiger partial charge in [0.25, 0.3) is 0 Å². The van der Waals surface area contributed by atoms with E-state index in [4.69, 9.17) is 0 Å². The number of thiazole rings is 1. The SMILES string of the molecule is CC(C)CN(Cc1cnn(C)c1)Cc1cccn1-c1nccs1. The Labute approximate surface area is 141 Å². The summed E-state index contributed by atoms with van der Waals surface area (Å²) in [5.41, 5.74) is 2.52. The number of aromatic nitrogens is 4. The summed E-state index contributed by atoms with van der Waals surface area (Å²) in [7, 11) is 1.96. The molecular weight excluding hydrogens is 306 g/mol. The molecule has 0 N–H and O–H groups in total. The number of aryl methyl sites for hydroxylation is 1. The highest BCUT2D eigenvalue weighted by atomic mass is 32.1. The molecule has 122 valence electrons. The molecule has 3 rings (SSSR count). The lowest BCUT2D eigenvalue weighted by Gasteiger charge is -2.24. The monoisotopic (exact) mass is 329 g/mol. The van der Waals surface area contributed by atoms with E-state index < -0.39 is 0 Å². The quantitative estimate of drug-likeness (QED) is 0.667. The summed E-state index contributed by atoms with van der Waals surface area (Å²) in [5.74, 6) is 0.620. The summed E-state index contributed by atoms with van der Waals surface area (Å²) < 4.78 is 4.04. The summed E-state index contributed by atoms with van der Waals surface area (Å²) in [6, 6.07) is 4.27. The van der Waals surface area contributed by atoms with Crippen LogP contribution in [0.2, 0.25) is 0 Å². The van der Waals surface area contributed by atoms with Crippen molar-refractivity contribution in [2.75, 3.05) is 6.54 Å². The Morgan fingerprint density at radius 1 is 1.30 bits per heavy atom. The second-order valence-corrected chi connectivity index (χ2v) is 7.14. The van der Waals surface area contributed by atoms with Crippen LogP contribution in [0.3, 0.4) is 0 Å². The lowest BCUT2D eigenvalue weighted by molar-refractivity contribution is 0.224. The van der Waals surface area contributed by atoms with Crippen LogP contribution in [0.5, 0.6) is 0 Å². The largest absolute Gasteiger partial charge is 0.296 e. The topological polar surface area (TPSA) is 38.9 Å². The fourth-order valence-electron chi connectivity index (χ4n) is 2.81. The zero-order chi connectivity index (χ0) is 16.2. The van der Waals surface area contributed by atoms with Crippen LogP contribution in [0.1, 0.15) is 25.1 Å². The van der Waals surface area contributed by atoms with Crippen molar-refractivity contribution >= 4 is 11.3 Å². The number of hydrogen-bond donors (Lipinski definition) is 0. The Morgan fingerprint density at radius 2 is 2.17 bits per heavy atom. The summed E-state index contributed by atoms with van der Waals surface area (Å²) in [6.45, 7) is 7.39. The van der Waals surface area contributed by atoms with Crippen LogP contribution in [0.25, 0.3) is 5.13 Å². The zero-order valence-electron chi connectivity index (χ0n) is 13.9. The molecule has 0 aliphatic carbocycles. The smallest absolute Gasteiger partial charge is 0.193 e. The first kappa shape index (κ1) is 16.0. The van der Waals surface area contributed by atoms with Gasteiger partial charge in [-0.05, 0) is 18.1 Å². The first-order chi connectivity index (χ1) is 11.1. The first-order valence-electron chi connectivity index (χ1n) is 7.88. The number of nitrogens with zero attached hydrogens (tertiary/aromatic N) is 5. The fourth-order valence-corrected chi connectivity index (χ4v) is 3.47. The molecule has 0 fully saturated rings. The van der Waals surface area contributed by atoms with Crippen molar-refractivity contribution in [3.05, 3.63) is 53.6 Å². The molecule has 0 saturated carbocycles. The maximum atomic E-state index is 4.42. The van der Waals surface area contributed by atoms with E-state index in [0.717, 1.165) is 24.8 Å². The van der Waals surface area contributed by atoms with Crippen molar-refractivity contribution in [2.24, 2.45) is 13.0 Å². The number of rotatable bonds is 7. The number of hydrogen-bond acceptors (Lipinski definition) is 4. The minimum Gasteiger partial charge on any atom is -0.296 e. The van der Waals surface area contributed by atoms with Crippen LogP contribution < -0.4 is 0 Å². The third-order valence-corrected chi connectivity index (χ3v) is 4.40. The molecule has 0 aliphatic rings. The highest BCUT2D eigenvalue weighted by Gasteiger charge is 2.13. The average molecular weight is 329 g/mol. The summed E-state index contributed by atoms with van der Waals surface area (Å²) in [5, 5.41) is 7.32. The predicted octanol–water partition coefficient (Wildman–Crippen LogP) is 3.33. The Hall–Kier alpha value is -1.92. The minimum atomic E-state index is 0.620. The molecule has 3 aromatic heterocycles. The van der Waals surface area contributed by atoms with Crippen LogP contribution >= 0.6 is 11.3 Å². The van der Waals surface area contributed by atoms with Crippen molar-refractivity contribution in [3.63, 3.8) is 0 Å². The Morgan fingerprint density at radius 3 is 2.83 bits per heavy atom. The molecule has 5 nitrogen and oxygen atoms in total. The van der Waals surface area contributed by atoms with E-state index in [0.29, 0.717) is 5.92 Å². The molecule has 0 atom stereocenters. The fraction of sp³-hybridized carbons (Fsp3) is 0.412. The molecule has 0 radical (unpaired) electrons. The van der Waals surface area contributed by atoms with Gasteiger partial charge in [0.2, 0.25) is 0 Å². The van der Waals surface area contributed by atoms with E-state index in [9.17, 15) is 0 Å².